The molecule has 0 N–H and O–H groups in total. The van der Waals surface area contributed by atoms with Crippen molar-refractivity contribution in [3.8, 4) is 55.6 Å². The molecule has 0 radical (unpaired) electrons. The highest BCUT2D eigenvalue weighted by molar-refractivity contribution is 6.16. The number of anilines is 3. The highest BCUT2D eigenvalue weighted by Gasteiger charge is 2.46. The van der Waals surface area contributed by atoms with E-state index in [9.17, 15) is 0 Å². The highest BCUT2D eigenvalue weighted by Crippen LogP contribution is 2.58. The Morgan fingerprint density at radius 1 is 0.351 bits per heavy atom. The van der Waals surface area contributed by atoms with Crippen LogP contribution in [0, 0.1) is 0 Å². The van der Waals surface area contributed by atoms with E-state index < -0.39 is 5.41 Å². The Bertz CT molecular complexity index is 4310. The smallest absolute Gasteiger partial charge is 0.136 e. The van der Waals surface area contributed by atoms with E-state index in [2.05, 4.69) is 305 Å². The van der Waals surface area contributed by atoms with Gasteiger partial charge in [-0.3, -0.25) is 0 Å². The minimum Gasteiger partial charge on any atom is -0.456 e. The van der Waals surface area contributed by atoms with Crippen LogP contribution in [-0.4, -0.2) is 0 Å². The van der Waals surface area contributed by atoms with Crippen LogP contribution < -0.4 is 4.90 Å². The molecular formula is C75H55NO. The molecule has 77 heavy (non-hydrogen) atoms. The molecule has 0 saturated carbocycles. The molecule has 0 bridgehead atoms. The lowest BCUT2D eigenvalue weighted by Gasteiger charge is -2.34. The second-order valence-electron chi connectivity index (χ2n) is 21.5. The van der Waals surface area contributed by atoms with Crippen molar-refractivity contribution in [3.05, 3.63) is 307 Å². The van der Waals surface area contributed by atoms with Gasteiger partial charge in [0.1, 0.15) is 11.2 Å². The van der Waals surface area contributed by atoms with E-state index in [1.165, 1.54) is 55.3 Å². The monoisotopic (exact) mass is 985 g/mol. The normalized spacial score (nSPS) is 12.7. The third kappa shape index (κ3) is 7.54. The molecule has 0 unspecified atom stereocenters. The van der Waals surface area contributed by atoms with Crippen molar-refractivity contribution in [2.24, 2.45) is 0 Å². The summed E-state index contributed by atoms with van der Waals surface area (Å²) < 4.78 is 6.55. The van der Waals surface area contributed by atoms with Crippen molar-refractivity contribution in [1.29, 1.82) is 0 Å². The molecular weight excluding hydrogens is 931 g/mol. The number of fused-ring (bicyclic) bond motifs is 7. The van der Waals surface area contributed by atoms with Crippen LogP contribution in [0.25, 0.3) is 88.3 Å². The largest absolute Gasteiger partial charge is 0.456 e. The molecule has 14 rings (SSSR count). The van der Waals surface area contributed by atoms with Crippen LogP contribution in [0.3, 0.4) is 0 Å². The maximum Gasteiger partial charge on any atom is 0.136 e. The fourth-order valence-electron chi connectivity index (χ4n) is 12.6. The summed E-state index contributed by atoms with van der Waals surface area (Å²) in [5.74, 6) is 0. The van der Waals surface area contributed by atoms with Crippen molar-refractivity contribution < 1.29 is 4.42 Å². The van der Waals surface area contributed by atoms with Gasteiger partial charge in [-0.2, -0.15) is 0 Å². The number of nitrogens with zero attached hydrogens (tertiary/aromatic N) is 1. The third-order valence-corrected chi connectivity index (χ3v) is 16.1. The topological polar surface area (TPSA) is 16.4 Å². The Hall–Kier alpha value is -9.50. The average Bonchev–Trinajstić information content (AvgIpc) is 4.08. The highest BCUT2D eigenvalue weighted by atomic mass is 16.3. The standard InChI is InChI=1S/C75H55NO/c1-74(2,3)54-42-38-50(39-43-54)53-41-46-68(64(48-53)51-22-7-4-8-23-51)76(57-44-45-67-65(49-57)60-31-17-19-35-66(60)75(67,55-25-9-5-10-26-55)56-27-11-6-12-28-56)69-47-40-52-24-13-14-29-58(52)72(69)61-32-16-15-30-59(61)62-34-21-37-71-73(62)63-33-18-20-36-70(63)77-71/h4-49H,1-3H3. The van der Waals surface area contributed by atoms with Crippen LogP contribution in [0.2, 0.25) is 0 Å². The van der Waals surface area contributed by atoms with Gasteiger partial charge in [-0.15, -0.1) is 0 Å². The van der Waals surface area contributed by atoms with Gasteiger partial charge in [0.15, 0.2) is 0 Å². The number of hydrogen-bond donors (Lipinski definition) is 0. The maximum absolute atomic E-state index is 6.55. The molecule has 1 aliphatic rings. The average molecular weight is 986 g/mol. The van der Waals surface area contributed by atoms with E-state index in [1.54, 1.807) is 0 Å². The second kappa shape index (κ2) is 18.4. The van der Waals surface area contributed by atoms with Gasteiger partial charge in [-0.1, -0.05) is 257 Å². The lowest BCUT2D eigenvalue weighted by molar-refractivity contribution is 0.590. The van der Waals surface area contributed by atoms with Gasteiger partial charge in [0.25, 0.3) is 0 Å². The molecule has 0 saturated heterocycles. The molecule has 1 aromatic heterocycles. The SMILES string of the molecule is CC(C)(C)c1ccc(-c2ccc(N(c3ccc4c(c3)-c3ccccc3C4(c3ccccc3)c3ccccc3)c3ccc4ccccc4c3-c3ccccc3-c3cccc4oc5ccccc5c34)c(-c3ccccc3)c2)cc1. The molecule has 0 fully saturated rings. The summed E-state index contributed by atoms with van der Waals surface area (Å²) in [5.41, 5.74) is 22.4. The van der Waals surface area contributed by atoms with Crippen molar-refractivity contribution >= 4 is 49.8 Å². The molecule has 366 valence electrons. The zero-order valence-electron chi connectivity index (χ0n) is 43.4. The lowest BCUT2D eigenvalue weighted by Crippen LogP contribution is -2.28. The van der Waals surface area contributed by atoms with E-state index in [0.717, 1.165) is 77.9 Å². The fourth-order valence-corrected chi connectivity index (χ4v) is 12.6. The van der Waals surface area contributed by atoms with Crippen LogP contribution in [0.5, 0.6) is 0 Å². The first-order valence-electron chi connectivity index (χ1n) is 26.8. The van der Waals surface area contributed by atoms with Crippen LogP contribution in [0.1, 0.15) is 48.6 Å². The number of benzene rings is 12. The van der Waals surface area contributed by atoms with Crippen LogP contribution in [0.15, 0.2) is 283 Å². The second-order valence-corrected chi connectivity index (χ2v) is 21.5. The van der Waals surface area contributed by atoms with Crippen LogP contribution in [0.4, 0.5) is 17.1 Å². The minimum atomic E-state index is -0.539. The molecule has 0 spiro atoms. The summed E-state index contributed by atoms with van der Waals surface area (Å²) in [6.45, 7) is 6.83. The molecule has 0 atom stereocenters. The van der Waals surface area contributed by atoms with Crippen molar-refractivity contribution in [1.82, 2.24) is 0 Å². The number of hydrogen-bond acceptors (Lipinski definition) is 2. The van der Waals surface area contributed by atoms with Gasteiger partial charge >= 0.3 is 0 Å². The van der Waals surface area contributed by atoms with Gasteiger partial charge in [-0.05, 0) is 131 Å². The van der Waals surface area contributed by atoms with Crippen molar-refractivity contribution in [3.63, 3.8) is 0 Å². The van der Waals surface area contributed by atoms with E-state index in [1.807, 2.05) is 0 Å². The van der Waals surface area contributed by atoms with Gasteiger partial charge in [-0.25, -0.2) is 0 Å². The Kier molecular flexibility index (Phi) is 11.0. The predicted molar refractivity (Wildman–Crippen MR) is 324 cm³/mol. The maximum atomic E-state index is 6.55. The van der Waals surface area contributed by atoms with Gasteiger partial charge < -0.3 is 9.32 Å². The minimum absolute atomic E-state index is 0.0469. The summed E-state index contributed by atoms with van der Waals surface area (Å²) >= 11 is 0. The predicted octanol–water partition coefficient (Wildman–Crippen LogP) is 20.5. The Labute approximate surface area is 450 Å². The number of para-hydroxylation sites is 1. The summed E-state index contributed by atoms with van der Waals surface area (Å²) in [7, 11) is 0. The fraction of sp³-hybridized carbons (Fsp3) is 0.0667. The molecule has 0 amide bonds. The Balaban J connectivity index is 1.08. The van der Waals surface area contributed by atoms with Gasteiger partial charge in [0.2, 0.25) is 0 Å². The van der Waals surface area contributed by atoms with Gasteiger partial charge in [0.05, 0.1) is 16.8 Å². The zero-order chi connectivity index (χ0) is 51.7. The van der Waals surface area contributed by atoms with Crippen LogP contribution in [-0.2, 0) is 10.8 Å². The number of furan rings is 1. The summed E-state index contributed by atoms with van der Waals surface area (Å²) in [6.07, 6.45) is 0. The lowest BCUT2D eigenvalue weighted by atomic mass is 9.68. The molecule has 2 nitrogen and oxygen atoms in total. The van der Waals surface area contributed by atoms with E-state index in [-0.39, 0.29) is 5.41 Å². The van der Waals surface area contributed by atoms with E-state index >= 15 is 0 Å². The summed E-state index contributed by atoms with van der Waals surface area (Å²) in [5, 5.41) is 4.56. The summed E-state index contributed by atoms with van der Waals surface area (Å²) in [4.78, 5) is 2.55. The van der Waals surface area contributed by atoms with E-state index in [4.69, 9.17) is 4.42 Å². The van der Waals surface area contributed by atoms with Crippen LogP contribution >= 0.6 is 0 Å². The van der Waals surface area contributed by atoms with Crippen molar-refractivity contribution in [2.45, 2.75) is 31.6 Å². The molecule has 12 aromatic carbocycles. The van der Waals surface area contributed by atoms with Crippen molar-refractivity contribution in [2.75, 3.05) is 4.90 Å². The molecule has 2 heteroatoms. The number of rotatable bonds is 9. The molecule has 13 aromatic rings. The quantitative estimate of drug-likeness (QED) is 0.143. The molecule has 1 heterocycles. The Morgan fingerprint density at radius 2 is 0.922 bits per heavy atom. The molecule has 0 aliphatic heterocycles. The van der Waals surface area contributed by atoms with Gasteiger partial charge in [0, 0.05) is 27.6 Å². The Morgan fingerprint density at radius 3 is 1.66 bits per heavy atom. The van der Waals surface area contributed by atoms with E-state index in [0.29, 0.717) is 0 Å². The zero-order valence-corrected chi connectivity index (χ0v) is 43.4. The molecule has 1 aliphatic carbocycles. The summed E-state index contributed by atoms with van der Waals surface area (Å²) in [6, 6.07) is 103. The third-order valence-electron chi connectivity index (χ3n) is 16.1. The first kappa shape index (κ1) is 46.1. The first-order valence-corrected chi connectivity index (χ1v) is 26.8. The first-order chi connectivity index (χ1) is 37.8.